The molecule has 0 bridgehead atoms. The SMILES string of the molecule is CC(O)CC(=O)Nc1ccc(-n2cnc3ccccc32)nc1. The minimum Gasteiger partial charge on any atom is -0.393 e. The normalized spacial score (nSPS) is 12.3. The predicted molar refractivity (Wildman–Crippen MR) is 83.8 cm³/mol. The molecule has 3 rings (SSSR count). The van der Waals surface area contributed by atoms with Gasteiger partial charge in [-0.15, -0.1) is 0 Å². The highest BCUT2D eigenvalue weighted by atomic mass is 16.3. The Hall–Kier alpha value is -2.73. The fourth-order valence-corrected chi connectivity index (χ4v) is 2.22. The van der Waals surface area contributed by atoms with Gasteiger partial charge in [-0.05, 0) is 31.2 Å². The predicted octanol–water partition coefficient (Wildman–Crippen LogP) is 2.13. The van der Waals surface area contributed by atoms with Crippen molar-refractivity contribution in [3.05, 3.63) is 48.9 Å². The second-order valence-corrected chi connectivity index (χ2v) is 5.11. The van der Waals surface area contributed by atoms with Crippen molar-refractivity contribution in [1.29, 1.82) is 0 Å². The van der Waals surface area contributed by atoms with Gasteiger partial charge < -0.3 is 10.4 Å². The summed E-state index contributed by atoms with van der Waals surface area (Å²) < 4.78 is 1.89. The third kappa shape index (κ3) is 2.96. The van der Waals surface area contributed by atoms with Gasteiger partial charge in [-0.3, -0.25) is 9.36 Å². The zero-order valence-electron chi connectivity index (χ0n) is 12.1. The minimum atomic E-state index is -0.662. The van der Waals surface area contributed by atoms with Crippen molar-refractivity contribution in [2.45, 2.75) is 19.4 Å². The summed E-state index contributed by atoms with van der Waals surface area (Å²) in [6, 6.07) is 11.4. The zero-order valence-corrected chi connectivity index (χ0v) is 12.1. The molecule has 6 heteroatoms. The van der Waals surface area contributed by atoms with Crippen LogP contribution in [0.15, 0.2) is 48.9 Å². The van der Waals surface area contributed by atoms with Crippen LogP contribution in [-0.2, 0) is 4.79 Å². The molecule has 6 nitrogen and oxygen atoms in total. The van der Waals surface area contributed by atoms with E-state index >= 15 is 0 Å². The fourth-order valence-electron chi connectivity index (χ4n) is 2.22. The number of nitrogens with zero attached hydrogens (tertiary/aromatic N) is 3. The Labute approximate surface area is 127 Å². The second kappa shape index (κ2) is 5.95. The first-order chi connectivity index (χ1) is 10.6. The van der Waals surface area contributed by atoms with Gasteiger partial charge >= 0.3 is 0 Å². The Balaban J connectivity index is 1.81. The molecule has 2 heterocycles. The maximum Gasteiger partial charge on any atom is 0.227 e. The van der Waals surface area contributed by atoms with E-state index in [1.54, 1.807) is 25.5 Å². The van der Waals surface area contributed by atoms with Gasteiger partial charge in [-0.25, -0.2) is 9.97 Å². The number of para-hydroxylation sites is 2. The Morgan fingerprint density at radius 2 is 2.09 bits per heavy atom. The summed E-state index contributed by atoms with van der Waals surface area (Å²) in [6.45, 7) is 1.57. The molecule has 0 radical (unpaired) electrons. The Morgan fingerprint density at radius 1 is 1.27 bits per heavy atom. The molecule has 2 aromatic heterocycles. The number of carbonyl (C=O) groups is 1. The van der Waals surface area contributed by atoms with Crippen LogP contribution in [0.25, 0.3) is 16.9 Å². The molecule has 1 unspecified atom stereocenters. The maximum atomic E-state index is 11.6. The molecular formula is C16H16N4O2. The molecule has 0 spiro atoms. The topological polar surface area (TPSA) is 80.0 Å². The van der Waals surface area contributed by atoms with E-state index in [1.165, 1.54) is 0 Å². The lowest BCUT2D eigenvalue weighted by Crippen LogP contribution is -2.17. The lowest BCUT2D eigenvalue weighted by Gasteiger charge is -2.08. The summed E-state index contributed by atoms with van der Waals surface area (Å²) in [5, 5.41) is 11.9. The molecule has 0 saturated carbocycles. The third-order valence-electron chi connectivity index (χ3n) is 3.21. The quantitative estimate of drug-likeness (QED) is 0.773. The number of aromatic nitrogens is 3. The molecule has 112 valence electrons. The number of hydrogen-bond acceptors (Lipinski definition) is 4. The summed E-state index contributed by atoms with van der Waals surface area (Å²) in [7, 11) is 0. The Bertz CT molecular complexity index is 793. The van der Waals surface area contributed by atoms with E-state index in [-0.39, 0.29) is 12.3 Å². The molecule has 1 amide bonds. The van der Waals surface area contributed by atoms with E-state index < -0.39 is 6.10 Å². The lowest BCUT2D eigenvalue weighted by atomic mass is 10.2. The largest absolute Gasteiger partial charge is 0.393 e. The van der Waals surface area contributed by atoms with Crippen LogP contribution >= 0.6 is 0 Å². The molecule has 0 aliphatic heterocycles. The van der Waals surface area contributed by atoms with Crippen molar-refractivity contribution in [2.24, 2.45) is 0 Å². The van der Waals surface area contributed by atoms with Crippen molar-refractivity contribution >= 4 is 22.6 Å². The monoisotopic (exact) mass is 296 g/mol. The Kier molecular flexibility index (Phi) is 3.84. The van der Waals surface area contributed by atoms with Gasteiger partial charge in [0, 0.05) is 0 Å². The molecule has 1 atom stereocenters. The van der Waals surface area contributed by atoms with Gasteiger partial charge in [0.2, 0.25) is 5.91 Å². The molecule has 1 aromatic carbocycles. The van der Waals surface area contributed by atoms with Crippen LogP contribution in [0.1, 0.15) is 13.3 Å². The number of imidazole rings is 1. The van der Waals surface area contributed by atoms with Gasteiger partial charge in [0.1, 0.15) is 12.1 Å². The molecule has 0 aliphatic rings. The summed E-state index contributed by atoms with van der Waals surface area (Å²) in [5.41, 5.74) is 2.47. The van der Waals surface area contributed by atoms with Crippen molar-refractivity contribution in [2.75, 3.05) is 5.32 Å². The van der Waals surface area contributed by atoms with Gasteiger partial charge in [-0.2, -0.15) is 0 Å². The van der Waals surface area contributed by atoms with E-state index in [0.29, 0.717) is 5.69 Å². The summed E-state index contributed by atoms with van der Waals surface area (Å²) in [4.78, 5) is 20.3. The van der Waals surface area contributed by atoms with Crippen LogP contribution in [-0.4, -0.2) is 31.7 Å². The number of hydrogen-bond donors (Lipinski definition) is 2. The number of benzene rings is 1. The van der Waals surface area contributed by atoms with Crippen molar-refractivity contribution < 1.29 is 9.90 Å². The van der Waals surface area contributed by atoms with Crippen LogP contribution in [0, 0.1) is 0 Å². The number of pyridine rings is 1. The molecule has 0 fully saturated rings. The number of fused-ring (bicyclic) bond motifs is 1. The minimum absolute atomic E-state index is 0.0634. The second-order valence-electron chi connectivity index (χ2n) is 5.11. The summed E-state index contributed by atoms with van der Waals surface area (Å²) in [6.07, 6.45) is 2.71. The molecule has 0 aliphatic carbocycles. The van der Waals surface area contributed by atoms with Crippen LogP contribution < -0.4 is 5.32 Å². The first kappa shape index (κ1) is 14.2. The highest BCUT2D eigenvalue weighted by Gasteiger charge is 2.08. The van der Waals surface area contributed by atoms with Crippen LogP contribution in [0.5, 0.6) is 0 Å². The van der Waals surface area contributed by atoms with Crippen molar-refractivity contribution in [3.63, 3.8) is 0 Å². The molecule has 2 N–H and O–H groups in total. The van der Waals surface area contributed by atoms with Crippen molar-refractivity contribution in [1.82, 2.24) is 14.5 Å². The van der Waals surface area contributed by atoms with E-state index in [2.05, 4.69) is 15.3 Å². The number of carbonyl (C=O) groups excluding carboxylic acids is 1. The average Bonchev–Trinajstić information content (AvgIpc) is 2.91. The summed E-state index contributed by atoms with van der Waals surface area (Å²) >= 11 is 0. The van der Waals surface area contributed by atoms with Crippen molar-refractivity contribution in [3.8, 4) is 5.82 Å². The molecule has 3 aromatic rings. The third-order valence-corrected chi connectivity index (χ3v) is 3.21. The smallest absolute Gasteiger partial charge is 0.227 e. The van der Waals surface area contributed by atoms with Gasteiger partial charge in [0.25, 0.3) is 0 Å². The zero-order chi connectivity index (χ0) is 15.5. The number of rotatable bonds is 4. The van der Waals surface area contributed by atoms with Gasteiger partial charge in [0.05, 0.1) is 35.4 Å². The summed E-state index contributed by atoms with van der Waals surface area (Å²) in [5.74, 6) is 0.486. The lowest BCUT2D eigenvalue weighted by molar-refractivity contribution is -0.117. The number of amides is 1. The van der Waals surface area contributed by atoms with Crippen LogP contribution in [0.2, 0.25) is 0 Å². The first-order valence-corrected chi connectivity index (χ1v) is 7.00. The number of aliphatic hydroxyl groups is 1. The van der Waals surface area contributed by atoms with E-state index in [4.69, 9.17) is 0 Å². The highest BCUT2D eigenvalue weighted by Crippen LogP contribution is 2.17. The Morgan fingerprint density at radius 3 is 2.82 bits per heavy atom. The number of nitrogens with one attached hydrogen (secondary N) is 1. The number of anilines is 1. The number of aliphatic hydroxyl groups excluding tert-OH is 1. The van der Waals surface area contributed by atoms with Gasteiger partial charge in [-0.1, -0.05) is 12.1 Å². The fraction of sp³-hybridized carbons (Fsp3) is 0.188. The van der Waals surface area contributed by atoms with E-state index in [1.807, 2.05) is 34.9 Å². The first-order valence-electron chi connectivity index (χ1n) is 7.00. The highest BCUT2D eigenvalue weighted by molar-refractivity contribution is 5.90. The molecular weight excluding hydrogens is 280 g/mol. The molecule has 22 heavy (non-hydrogen) atoms. The van der Waals surface area contributed by atoms with Crippen LogP contribution in [0.3, 0.4) is 0 Å². The maximum absolute atomic E-state index is 11.6. The van der Waals surface area contributed by atoms with E-state index in [9.17, 15) is 9.90 Å². The molecule has 0 saturated heterocycles. The average molecular weight is 296 g/mol. The standard InChI is InChI=1S/C16H16N4O2/c1-11(21)8-16(22)19-12-6-7-15(17-9-12)20-10-18-13-4-2-3-5-14(13)20/h2-7,9-11,21H,8H2,1H3,(H,19,22). The van der Waals surface area contributed by atoms with Crippen LogP contribution in [0.4, 0.5) is 5.69 Å². The van der Waals surface area contributed by atoms with E-state index in [0.717, 1.165) is 16.9 Å². The van der Waals surface area contributed by atoms with Gasteiger partial charge in [0.15, 0.2) is 0 Å².